The van der Waals surface area contributed by atoms with E-state index in [0.717, 1.165) is 22.2 Å². The largest absolute Gasteiger partial charge is 0.352 e. The van der Waals surface area contributed by atoms with E-state index in [2.05, 4.69) is 24.1 Å². The van der Waals surface area contributed by atoms with Crippen molar-refractivity contribution in [3.8, 4) is 0 Å². The van der Waals surface area contributed by atoms with Crippen LogP contribution in [0, 0.1) is 12.8 Å². The number of pyridine rings is 1. The maximum Gasteiger partial charge on any atom is 0.244 e. The third-order valence-electron chi connectivity index (χ3n) is 3.03. The number of amides is 1. The first-order chi connectivity index (χ1) is 9.56. The molecule has 1 aromatic heterocycles. The van der Waals surface area contributed by atoms with Crippen LogP contribution in [0.5, 0.6) is 0 Å². The summed E-state index contributed by atoms with van der Waals surface area (Å²) in [5, 5.41) is 3.96. The van der Waals surface area contributed by atoms with Gasteiger partial charge in [0.05, 0.1) is 11.2 Å². The van der Waals surface area contributed by atoms with Crippen LogP contribution in [0.2, 0.25) is 0 Å². The number of nitrogens with one attached hydrogen (secondary N) is 1. The number of carbonyl (C=O) groups excluding carboxylic acids is 1. The molecule has 0 radical (unpaired) electrons. The van der Waals surface area contributed by atoms with Crippen LogP contribution in [0.15, 0.2) is 36.4 Å². The van der Waals surface area contributed by atoms with Gasteiger partial charge in [0.2, 0.25) is 5.91 Å². The van der Waals surface area contributed by atoms with Crippen molar-refractivity contribution in [2.24, 2.45) is 5.92 Å². The van der Waals surface area contributed by atoms with Crippen LogP contribution in [-0.4, -0.2) is 17.4 Å². The summed E-state index contributed by atoms with van der Waals surface area (Å²) in [6.45, 7) is 6.86. The van der Waals surface area contributed by atoms with Crippen molar-refractivity contribution in [3.63, 3.8) is 0 Å². The van der Waals surface area contributed by atoms with E-state index in [4.69, 9.17) is 0 Å². The van der Waals surface area contributed by atoms with E-state index >= 15 is 0 Å². The molecule has 3 heteroatoms. The van der Waals surface area contributed by atoms with Gasteiger partial charge in [-0.2, -0.15) is 0 Å². The molecule has 104 valence electrons. The third kappa shape index (κ3) is 3.67. The lowest BCUT2D eigenvalue weighted by atomic mass is 10.1. The molecule has 1 N–H and O–H groups in total. The van der Waals surface area contributed by atoms with Crippen LogP contribution in [0.1, 0.15) is 25.1 Å². The Bertz CT molecular complexity index is 644. The van der Waals surface area contributed by atoms with E-state index in [9.17, 15) is 4.79 Å². The molecular weight excluding hydrogens is 248 g/mol. The lowest BCUT2D eigenvalue weighted by Gasteiger charge is -2.04. The molecule has 0 aliphatic rings. The number of fused-ring (bicyclic) bond motifs is 1. The van der Waals surface area contributed by atoms with Crippen LogP contribution in [-0.2, 0) is 4.79 Å². The summed E-state index contributed by atoms with van der Waals surface area (Å²) in [6.07, 6.45) is 3.29. The number of hydrogen-bond donors (Lipinski definition) is 1. The van der Waals surface area contributed by atoms with Crippen molar-refractivity contribution in [2.75, 3.05) is 6.54 Å². The average molecular weight is 268 g/mol. The molecule has 0 bridgehead atoms. The highest BCUT2D eigenvalue weighted by Gasteiger charge is 2.00. The Hall–Kier alpha value is -2.16. The van der Waals surface area contributed by atoms with E-state index in [0.29, 0.717) is 12.5 Å². The van der Waals surface area contributed by atoms with Crippen molar-refractivity contribution in [3.05, 3.63) is 47.7 Å². The average Bonchev–Trinajstić information content (AvgIpc) is 2.43. The second kappa shape index (κ2) is 6.33. The van der Waals surface area contributed by atoms with Crippen LogP contribution >= 0.6 is 0 Å². The standard InChI is InChI=1S/C17H20N2O/c1-12(2)11-18-16(20)10-9-15-8-7-14-6-4-5-13(3)17(14)19-15/h4-10,12H,11H2,1-3H3,(H,18,20)/b10-9+. The zero-order valence-corrected chi connectivity index (χ0v) is 12.2. The van der Waals surface area contributed by atoms with Crippen molar-refractivity contribution in [2.45, 2.75) is 20.8 Å². The second-order valence-electron chi connectivity index (χ2n) is 5.36. The number of aryl methyl sites for hydroxylation is 1. The SMILES string of the molecule is Cc1cccc2ccc(/C=C/C(=O)NCC(C)C)nc12. The van der Waals surface area contributed by atoms with Crippen molar-refractivity contribution < 1.29 is 4.79 Å². The first-order valence-corrected chi connectivity index (χ1v) is 6.88. The predicted molar refractivity (Wildman–Crippen MR) is 83.4 cm³/mol. The maximum atomic E-state index is 11.6. The van der Waals surface area contributed by atoms with Gasteiger partial charge in [-0.05, 0) is 30.5 Å². The Labute approximate surface area is 119 Å². The second-order valence-corrected chi connectivity index (χ2v) is 5.36. The van der Waals surface area contributed by atoms with E-state index in [1.165, 1.54) is 6.08 Å². The van der Waals surface area contributed by atoms with Gasteiger partial charge in [0.15, 0.2) is 0 Å². The normalized spacial score (nSPS) is 11.4. The lowest BCUT2D eigenvalue weighted by Crippen LogP contribution is -2.25. The van der Waals surface area contributed by atoms with Crippen molar-refractivity contribution >= 4 is 22.9 Å². The van der Waals surface area contributed by atoms with Gasteiger partial charge in [0.25, 0.3) is 0 Å². The molecule has 2 aromatic rings. The van der Waals surface area contributed by atoms with Gasteiger partial charge in [-0.1, -0.05) is 38.1 Å². The molecule has 3 nitrogen and oxygen atoms in total. The van der Waals surface area contributed by atoms with Crippen molar-refractivity contribution in [1.29, 1.82) is 0 Å². The zero-order chi connectivity index (χ0) is 14.5. The minimum absolute atomic E-state index is 0.0784. The minimum atomic E-state index is -0.0784. The molecular formula is C17H20N2O. The van der Waals surface area contributed by atoms with Gasteiger partial charge in [-0.3, -0.25) is 4.79 Å². The van der Waals surface area contributed by atoms with Gasteiger partial charge in [-0.15, -0.1) is 0 Å². The molecule has 2 rings (SSSR count). The minimum Gasteiger partial charge on any atom is -0.352 e. The summed E-state index contributed by atoms with van der Waals surface area (Å²) in [7, 11) is 0. The molecule has 0 fully saturated rings. The number of rotatable bonds is 4. The number of aromatic nitrogens is 1. The van der Waals surface area contributed by atoms with Crippen LogP contribution in [0.25, 0.3) is 17.0 Å². The highest BCUT2D eigenvalue weighted by Crippen LogP contribution is 2.16. The van der Waals surface area contributed by atoms with Crippen LogP contribution < -0.4 is 5.32 Å². The summed E-state index contributed by atoms with van der Waals surface area (Å²) in [6, 6.07) is 10.1. The van der Waals surface area contributed by atoms with E-state index in [1.54, 1.807) is 6.08 Å². The number of hydrogen-bond acceptors (Lipinski definition) is 2. The Kier molecular flexibility index (Phi) is 4.51. The molecule has 0 spiro atoms. The fraction of sp³-hybridized carbons (Fsp3) is 0.294. The Morgan fingerprint density at radius 3 is 2.85 bits per heavy atom. The molecule has 1 aromatic carbocycles. The molecule has 0 unspecified atom stereocenters. The number of para-hydroxylation sites is 1. The molecule has 1 amide bonds. The smallest absolute Gasteiger partial charge is 0.244 e. The molecule has 0 atom stereocenters. The van der Waals surface area contributed by atoms with Gasteiger partial charge >= 0.3 is 0 Å². The highest BCUT2D eigenvalue weighted by atomic mass is 16.1. The number of nitrogens with zero attached hydrogens (tertiary/aromatic N) is 1. The Morgan fingerprint density at radius 1 is 1.30 bits per heavy atom. The fourth-order valence-electron chi connectivity index (χ4n) is 1.93. The summed E-state index contributed by atoms with van der Waals surface area (Å²) < 4.78 is 0. The quantitative estimate of drug-likeness (QED) is 0.864. The van der Waals surface area contributed by atoms with Gasteiger partial charge in [-0.25, -0.2) is 4.98 Å². The Balaban J connectivity index is 2.13. The summed E-state index contributed by atoms with van der Waals surface area (Å²) in [4.78, 5) is 16.2. The first kappa shape index (κ1) is 14.3. The molecule has 0 aliphatic heterocycles. The van der Waals surface area contributed by atoms with E-state index in [-0.39, 0.29) is 5.91 Å². The summed E-state index contributed by atoms with van der Waals surface area (Å²) >= 11 is 0. The molecule has 0 saturated carbocycles. The number of benzene rings is 1. The first-order valence-electron chi connectivity index (χ1n) is 6.88. The summed E-state index contributed by atoms with van der Waals surface area (Å²) in [5.74, 6) is 0.374. The highest BCUT2D eigenvalue weighted by molar-refractivity contribution is 5.92. The van der Waals surface area contributed by atoms with Gasteiger partial charge in [0, 0.05) is 18.0 Å². The van der Waals surface area contributed by atoms with Crippen LogP contribution in [0.4, 0.5) is 0 Å². The van der Waals surface area contributed by atoms with Crippen molar-refractivity contribution in [1.82, 2.24) is 10.3 Å². The molecule has 1 heterocycles. The van der Waals surface area contributed by atoms with Crippen LogP contribution in [0.3, 0.4) is 0 Å². The lowest BCUT2D eigenvalue weighted by molar-refractivity contribution is -0.116. The topological polar surface area (TPSA) is 42.0 Å². The summed E-state index contributed by atoms with van der Waals surface area (Å²) in [5.41, 5.74) is 2.92. The third-order valence-corrected chi connectivity index (χ3v) is 3.03. The monoisotopic (exact) mass is 268 g/mol. The maximum absolute atomic E-state index is 11.6. The zero-order valence-electron chi connectivity index (χ0n) is 12.2. The van der Waals surface area contributed by atoms with E-state index in [1.807, 2.05) is 37.3 Å². The molecule has 0 saturated heterocycles. The molecule has 20 heavy (non-hydrogen) atoms. The fourth-order valence-corrected chi connectivity index (χ4v) is 1.93. The molecule has 0 aliphatic carbocycles. The predicted octanol–water partition coefficient (Wildman–Crippen LogP) is 3.33. The van der Waals surface area contributed by atoms with Gasteiger partial charge in [0.1, 0.15) is 0 Å². The number of carbonyl (C=O) groups is 1. The van der Waals surface area contributed by atoms with Gasteiger partial charge < -0.3 is 5.32 Å². The van der Waals surface area contributed by atoms with E-state index < -0.39 is 0 Å². The Morgan fingerprint density at radius 2 is 2.10 bits per heavy atom.